The van der Waals surface area contributed by atoms with Gasteiger partial charge in [0.05, 0.1) is 0 Å². The van der Waals surface area contributed by atoms with Crippen LogP contribution in [0.1, 0.15) is 43.4 Å². The van der Waals surface area contributed by atoms with Crippen molar-refractivity contribution in [1.82, 2.24) is 0 Å². The third-order valence-corrected chi connectivity index (χ3v) is 3.72. The average Bonchev–Trinajstić information content (AvgIpc) is 2.46. The maximum atomic E-state index is 12.3. The molecule has 1 amide bonds. The summed E-state index contributed by atoms with van der Waals surface area (Å²) in [6, 6.07) is 13.9. The smallest absolute Gasteiger partial charge is 0.265 e. The van der Waals surface area contributed by atoms with Crippen LogP contribution in [0.5, 0.6) is 5.75 Å². The van der Waals surface area contributed by atoms with E-state index >= 15 is 0 Å². The molecule has 2 aromatic rings. The molecule has 23 heavy (non-hydrogen) atoms. The zero-order valence-corrected chi connectivity index (χ0v) is 14.5. The van der Waals surface area contributed by atoms with Gasteiger partial charge in [-0.05, 0) is 67.6 Å². The number of aryl methyl sites for hydroxylation is 2. The van der Waals surface area contributed by atoms with E-state index in [4.69, 9.17) is 4.74 Å². The fourth-order valence-corrected chi connectivity index (χ4v) is 2.48. The second-order valence-corrected chi connectivity index (χ2v) is 6.35. The van der Waals surface area contributed by atoms with Gasteiger partial charge in [0.25, 0.3) is 5.91 Å². The molecule has 0 fully saturated rings. The molecule has 2 rings (SSSR count). The van der Waals surface area contributed by atoms with Crippen molar-refractivity contribution in [2.24, 2.45) is 0 Å². The summed E-state index contributed by atoms with van der Waals surface area (Å²) in [6.45, 7) is 10.1. The zero-order chi connectivity index (χ0) is 17.0. The number of nitrogens with one attached hydrogen (secondary N) is 1. The van der Waals surface area contributed by atoms with Crippen LogP contribution in [0.4, 0.5) is 5.69 Å². The van der Waals surface area contributed by atoms with Crippen LogP contribution in [0.3, 0.4) is 0 Å². The first-order chi connectivity index (χ1) is 10.8. The maximum absolute atomic E-state index is 12.3. The molecular weight excluding hydrogens is 286 g/mol. The van der Waals surface area contributed by atoms with Gasteiger partial charge in [-0.2, -0.15) is 0 Å². The molecule has 0 saturated carbocycles. The Labute approximate surface area is 138 Å². The van der Waals surface area contributed by atoms with E-state index in [1.54, 1.807) is 6.92 Å². The Morgan fingerprint density at radius 2 is 1.52 bits per heavy atom. The third kappa shape index (κ3) is 4.85. The van der Waals surface area contributed by atoms with Crippen molar-refractivity contribution < 1.29 is 9.53 Å². The van der Waals surface area contributed by atoms with Crippen LogP contribution < -0.4 is 10.1 Å². The monoisotopic (exact) mass is 311 g/mol. The van der Waals surface area contributed by atoms with Crippen LogP contribution in [-0.2, 0) is 4.79 Å². The molecule has 0 heterocycles. The number of carbonyl (C=O) groups excluding carboxylic acids is 1. The number of carbonyl (C=O) groups is 1. The highest BCUT2D eigenvalue weighted by molar-refractivity contribution is 5.94. The van der Waals surface area contributed by atoms with E-state index in [-0.39, 0.29) is 5.91 Å². The zero-order valence-electron chi connectivity index (χ0n) is 14.5. The van der Waals surface area contributed by atoms with Crippen molar-refractivity contribution >= 4 is 11.6 Å². The quantitative estimate of drug-likeness (QED) is 0.858. The predicted octanol–water partition coefficient (Wildman–Crippen LogP) is 4.83. The topological polar surface area (TPSA) is 38.3 Å². The fraction of sp³-hybridized carbons (Fsp3) is 0.350. The lowest BCUT2D eigenvalue weighted by molar-refractivity contribution is -0.122. The Hall–Kier alpha value is -2.29. The summed E-state index contributed by atoms with van der Waals surface area (Å²) in [7, 11) is 0. The first-order valence-corrected chi connectivity index (χ1v) is 8.01. The first-order valence-electron chi connectivity index (χ1n) is 8.01. The molecule has 1 N–H and O–H groups in total. The summed E-state index contributed by atoms with van der Waals surface area (Å²) >= 11 is 0. The molecule has 0 aromatic heterocycles. The van der Waals surface area contributed by atoms with Crippen molar-refractivity contribution in [3.05, 3.63) is 59.2 Å². The van der Waals surface area contributed by atoms with Crippen molar-refractivity contribution in [3.63, 3.8) is 0 Å². The van der Waals surface area contributed by atoms with E-state index in [0.717, 1.165) is 16.8 Å². The highest BCUT2D eigenvalue weighted by Gasteiger charge is 2.15. The minimum atomic E-state index is -0.555. The van der Waals surface area contributed by atoms with Crippen molar-refractivity contribution in [1.29, 1.82) is 0 Å². The van der Waals surface area contributed by atoms with E-state index in [2.05, 4.69) is 25.2 Å². The van der Waals surface area contributed by atoms with Crippen LogP contribution in [0.2, 0.25) is 0 Å². The van der Waals surface area contributed by atoms with Crippen molar-refractivity contribution in [3.8, 4) is 5.75 Å². The Balaban J connectivity index is 1.99. The van der Waals surface area contributed by atoms with Gasteiger partial charge in [0, 0.05) is 5.69 Å². The molecule has 122 valence electrons. The summed E-state index contributed by atoms with van der Waals surface area (Å²) in [5.74, 6) is 1.04. The minimum absolute atomic E-state index is 0.150. The lowest BCUT2D eigenvalue weighted by Gasteiger charge is -2.16. The SMILES string of the molecule is Cc1cc(C)cc(NC(=O)[C@@H](C)Oc2ccc(C(C)C)cc2)c1. The normalized spacial score (nSPS) is 12.1. The second-order valence-electron chi connectivity index (χ2n) is 6.35. The average molecular weight is 311 g/mol. The summed E-state index contributed by atoms with van der Waals surface area (Å²) in [5, 5.41) is 2.91. The van der Waals surface area contributed by atoms with Crippen LogP contribution in [-0.4, -0.2) is 12.0 Å². The summed E-state index contributed by atoms with van der Waals surface area (Å²) < 4.78 is 5.73. The largest absolute Gasteiger partial charge is 0.481 e. The lowest BCUT2D eigenvalue weighted by atomic mass is 10.0. The van der Waals surface area contributed by atoms with E-state index < -0.39 is 6.10 Å². The second kappa shape index (κ2) is 7.32. The molecule has 3 nitrogen and oxygen atoms in total. The summed E-state index contributed by atoms with van der Waals surface area (Å²) in [5.41, 5.74) is 4.30. The number of anilines is 1. The van der Waals surface area contributed by atoms with Crippen LogP contribution in [0, 0.1) is 13.8 Å². The van der Waals surface area contributed by atoms with E-state index in [9.17, 15) is 4.79 Å². The molecule has 0 saturated heterocycles. The molecule has 0 aliphatic heterocycles. The molecule has 1 atom stereocenters. The molecule has 3 heteroatoms. The molecule has 0 unspecified atom stereocenters. The Kier molecular flexibility index (Phi) is 5.43. The molecule has 0 bridgehead atoms. The van der Waals surface area contributed by atoms with Crippen LogP contribution >= 0.6 is 0 Å². The number of rotatable bonds is 5. The van der Waals surface area contributed by atoms with E-state index in [1.165, 1.54) is 5.56 Å². The van der Waals surface area contributed by atoms with Crippen LogP contribution in [0.25, 0.3) is 0 Å². The highest BCUT2D eigenvalue weighted by Crippen LogP contribution is 2.20. The van der Waals surface area contributed by atoms with Gasteiger partial charge < -0.3 is 10.1 Å². The van der Waals surface area contributed by atoms with Gasteiger partial charge in [0.2, 0.25) is 0 Å². The minimum Gasteiger partial charge on any atom is -0.481 e. The molecule has 0 spiro atoms. The number of ether oxygens (including phenoxy) is 1. The maximum Gasteiger partial charge on any atom is 0.265 e. The van der Waals surface area contributed by atoms with E-state index in [0.29, 0.717) is 11.7 Å². The van der Waals surface area contributed by atoms with Gasteiger partial charge in [0.15, 0.2) is 6.10 Å². The Bertz CT molecular complexity index is 654. The molecule has 0 aliphatic rings. The predicted molar refractivity (Wildman–Crippen MR) is 95.2 cm³/mol. The van der Waals surface area contributed by atoms with Gasteiger partial charge in [-0.3, -0.25) is 4.79 Å². The molecule has 0 aliphatic carbocycles. The van der Waals surface area contributed by atoms with Crippen molar-refractivity contribution in [2.45, 2.75) is 46.6 Å². The number of hydrogen-bond donors (Lipinski definition) is 1. The van der Waals surface area contributed by atoms with Gasteiger partial charge >= 0.3 is 0 Å². The lowest BCUT2D eigenvalue weighted by Crippen LogP contribution is -2.30. The molecule has 0 radical (unpaired) electrons. The third-order valence-electron chi connectivity index (χ3n) is 3.72. The molecular formula is C20H25NO2. The Morgan fingerprint density at radius 3 is 2.04 bits per heavy atom. The summed E-state index contributed by atoms with van der Waals surface area (Å²) in [6.07, 6.45) is -0.555. The van der Waals surface area contributed by atoms with E-state index in [1.807, 2.05) is 50.2 Å². The van der Waals surface area contributed by atoms with Crippen molar-refractivity contribution in [2.75, 3.05) is 5.32 Å². The van der Waals surface area contributed by atoms with Crippen LogP contribution in [0.15, 0.2) is 42.5 Å². The van der Waals surface area contributed by atoms with Gasteiger partial charge in [-0.1, -0.05) is 32.0 Å². The first kappa shape index (κ1) is 17.1. The number of amides is 1. The van der Waals surface area contributed by atoms with Gasteiger partial charge in [-0.15, -0.1) is 0 Å². The van der Waals surface area contributed by atoms with Gasteiger partial charge in [-0.25, -0.2) is 0 Å². The highest BCUT2D eigenvalue weighted by atomic mass is 16.5. The number of benzene rings is 2. The number of hydrogen-bond acceptors (Lipinski definition) is 2. The fourth-order valence-electron chi connectivity index (χ4n) is 2.48. The molecule has 2 aromatic carbocycles. The standard InChI is InChI=1S/C20H25NO2/c1-13(2)17-6-8-19(9-7-17)23-16(5)20(22)21-18-11-14(3)10-15(4)12-18/h6-13,16H,1-5H3,(H,21,22)/t16-/m1/s1. The Morgan fingerprint density at radius 1 is 0.957 bits per heavy atom. The summed E-state index contributed by atoms with van der Waals surface area (Å²) in [4.78, 5) is 12.3. The van der Waals surface area contributed by atoms with Gasteiger partial charge in [0.1, 0.15) is 5.75 Å².